The lowest BCUT2D eigenvalue weighted by Gasteiger charge is -2.37. The summed E-state index contributed by atoms with van der Waals surface area (Å²) in [5, 5.41) is 9.82. The number of hydrogen-bond donors (Lipinski definition) is 1. The second kappa shape index (κ2) is 5.24. The molecule has 0 aliphatic carbocycles. The van der Waals surface area contributed by atoms with Crippen LogP contribution in [0.2, 0.25) is 0 Å². The van der Waals surface area contributed by atoms with Crippen LogP contribution in [0.25, 0.3) is 0 Å². The Morgan fingerprint density at radius 2 is 1.89 bits per heavy atom. The molecule has 1 fully saturated rings. The molecule has 2 heterocycles. The van der Waals surface area contributed by atoms with Crippen molar-refractivity contribution in [3.63, 3.8) is 0 Å². The number of nitrogens with zero attached hydrogens (tertiary/aromatic N) is 3. The van der Waals surface area contributed by atoms with Crippen LogP contribution in [0, 0.1) is 6.92 Å². The van der Waals surface area contributed by atoms with Gasteiger partial charge in [-0.1, -0.05) is 6.07 Å². The molecule has 2 rings (SSSR count). The minimum atomic E-state index is -0.607. The highest BCUT2D eigenvalue weighted by atomic mass is 16.3. The first-order valence-electron chi connectivity index (χ1n) is 6.56. The first kappa shape index (κ1) is 13.3. The summed E-state index contributed by atoms with van der Waals surface area (Å²) in [5.74, 6) is 1.06. The van der Waals surface area contributed by atoms with Crippen LogP contribution in [0.1, 0.15) is 19.4 Å². The van der Waals surface area contributed by atoms with Crippen LogP contribution in [-0.4, -0.2) is 53.3 Å². The summed E-state index contributed by atoms with van der Waals surface area (Å²) in [6.07, 6.45) is 1.92. The minimum Gasteiger partial charge on any atom is -0.389 e. The van der Waals surface area contributed by atoms with Crippen molar-refractivity contribution < 1.29 is 5.11 Å². The summed E-state index contributed by atoms with van der Waals surface area (Å²) in [6.45, 7) is 10.4. The number of aliphatic hydroxyl groups is 1. The lowest BCUT2D eigenvalue weighted by atomic mass is 10.1. The van der Waals surface area contributed by atoms with Crippen molar-refractivity contribution in [2.45, 2.75) is 26.4 Å². The Bertz CT molecular complexity index is 375. The molecule has 1 N–H and O–H groups in total. The van der Waals surface area contributed by atoms with Crippen LogP contribution in [0.4, 0.5) is 5.82 Å². The zero-order valence-corrected chi connectivity index (χ0v) is 11.6. The van der Waals surface area contributed by atoms with E-state index in [1.165, 1.54) is 5.56 Å². The predicted molar refractivity (Wildman–Crippen MR) is 73.9 cm³/mol. The first-order valence-corrected chi connectivity index (χ1v) is 6.56. The molecule has 0 radical (unpaired) electrons. The molecule has 0 atom stereocenters. The maximum atomic E-state index is 9.82. The van der Waals surface area contributed by atoms with Crippen LogP contribution in [0.3, 0.4) is 0 Å². The molecule has 1 saturated heterocycles. The lowest BCUT2D eigenvalue weighted by molar-refractivity contribution is 0.0344. The Balaban J connectivity index is 1.88. The second-order valence-electron chi connectivity index (χ2n) is 5.77. The highest BCUT2D eigenvalue weighted by Crippen LogP contribution is 2.15. The Labute approximate surface area is 109 Å². The van der Waals surface area contributed by atoms with Crippen LogP contribution >= 0.6 is 0 Å². The van der Waals surface area contributed by atoms with E-state index in [1.54, 1.807) is 0 Å². The first-order chi connectivity index (χ1) is 8.44. The van der Waals surface area contributed by atoms with Gasteiger partial charge in [-0.2, -0.15) is 0 Å². The van der Waals surface area contributed by atoms with Gasteiger partial charge in [0.25, 0.3) is 0 Å². The van der Waals surface area contributed by atoms with Gasteiger partial charge in [-0.25, -0.2) is 4.98 Å². The van der Waals surface area contributed by atoms with E-state index < -0.39 is 5.60 Å². The van der Waals surface area contributed by atoms with E-state index >= 15 is 0 Å². The summed E-state index contributed by atoms with van der Waals surface area (Å²) in [7, 11) is 0. The highest BCUT2D eigenvalue weighted by Gasteiger charge is 2.23. The van der Waals surface area contributed by atoms with E-state index in [9.17, 15) is 5.11 Å². The van der Waals surface area contributed by atoms with E-state index in [-0.39, 0.29) is 0 Å². The Morgan fingerprint density at radius 1 is 1.22 bits per heavy atom. The molecule has 1 aliphatic heterocycles. The topological polar surface area (TPSA) is 39.6 Å². The zero-order chi connectivity index (χ0) is 13.2. The standard InChI is InChI=1S/C14H23N3O/c1-12-4-5-13(15-10-12)17-8-6-16(7-9-17)11-14(2,3)18/h4-5,10,18H,6-9,11H2,1-3H3. The molecule has 4 heteroatoms. The van der Waals surface area contributed by atoms with Gasteiger partial charge in [0.05, 0.1) is 5.60 Å². The number of aromatic nitrogens is 1. The highest BCUT2D eigenvalue weighted by molar-refractivity contribution is 5.39. The molecule has 1 aromatic heterocycles. The van der Waals surface area contributed by atoms with E-state index in [4.69, 9.17) is 0 Å². The fourth-order valence-corrected chi connectivity index (χ4v) is 2.33. The molecule has 0 amide bonds. The smallest absolute Gasteiger partial charge is 0.128 e. The lowest BCUT2D eigenvalue weighted by Crippen LogP contribution is -2.50. The third-order valence-electron chi connectivity index (χ3n) is 3.20. The Kier molecular flexibility index (Phi) is 3.88. The summed E-state index contributed by atoms with van der Waals surface area (Å²) in [6, 6.07) is 4.19. The third-order valence-corrected chi connectivity index (χ3v) is 3.20. The van der Waals surface area contributed by atoms with E-state index in [0.717, 1.165) is 38.5 Å². The number of anilines is 1. The molecule has 0 saturated carbocycles. The van der Waals surface area contributed by atoms with Crippen molar-refractivity contribution in [2.24, 2.45) is 0 Å². The fraction of sp³-hybridized carbons (Fsp3) is 0.643. The van der Waals surface area contributed by atoms with Crippen LogP contribution in [-0.2, 0) is 0 Å². The number of pyridine rings is 1. The molecule has 0 spiro atoms. The van der Waals surface area contributed by atoms with Crippen molar-refractivity contribution >= 4 is 5.82 Å². The number of aryl methyl sites for hydroxylation is 1. The maximum Gasteiger partial charge on any atom is 0.128 e. The quantitative estimate of drug-likeness (QED) is 0.876. The van der Waals surface area contributed by atoms with Gasteiger partial charge >= 0.3 is 0 Å². The largest absolute Gasteiger partial charge is 0.389 e. The maximum absolute atomic E-state index is 9.82. The summed E-state index contributed by atoms with van der Waals surface area (Å²) >= 11 is 0. The molecular weight excluding hydrogens is 226 g/mol. The van der Waals surface area contributed by atoms with Crippen molar-refractivity contribution in [3.05, 3.63) is 23.9 Å². The van der Waals surface area contributed by atoms with Crippen LogP contribution < -0.4 is 4.90 Å². The molecule has 1 aliphatic rings. The fourth-order valence-electron chi connectivity index (χ4n) is 2.33. The predicted octanol–water partition coefficient (Wildman–Crippen LogP) is 1.28. The summed E-state index contributed by atoms with van der Waals surface area (Å²) in [5.41, 5.74) is 0.587. The van der Waals surface area contributed by atoms with Gasteiger partial charge in [-0.05, 0) is 32.4 Å². The second-order valence-corrected chi connectivity index (χ2v) is 5.77. The number of rotatable bonds is 3. The SMILES string of the molecule is Cc1ccc(N2CCN(CC(C)(C)O)CC2)nc1. The monoisotopic (exact) mass is 249 g/mol. The van der Waals surface area contributed by atoms with Crippen LogP contribution in [0.5, 0.6) is 0 Å². The van der Waals surface area contributed by atoms with Crippen LogP contribution in [0.15, 0.2) is 18.3 Å². The van der Waals surface area contributed by atoms with E-state index in [0.29, 0.717) is 0 Å². The molecule has 0 aromatic carbocycles. The summed E-state index contributed by atoms with van der Waals surface area (Å²) < 4.78 is 0. The zero-order valence-electron chi connectivity index (χ0n) is 11.6. The van der Waals surface area contributed by atoms with Gasteiger partial charge in [0.15, 0.2) is 0 Å². The van der Waals surface area contributed by atoms with Gasteiger partial charge in [0, 0.05) is 38.9 Å². The number of hydrogen-bond acceptors (Lipinski definition) is 4. The van der Waals surface area contributed by atoms with Crippen molar-refractivity contribution in [3.8, 4) is 0 Å². The molecule has 1 aromatic rings. The van der Waals surface area contributed by atoms with Gasteiger partial charge in [-0.15, -0.1) is 0 Å². The van der Waals surface area contributed by atoms with E-state index in [2.05, 4.69) is 33.8 Å². The molecule has 100 valence electrons. The average molecular weight is 249 g/mol. The van der Waals surface area contributed by atoms with E-state index in [1.807, 2.05) is 20.0 Å². The summed E-state index contributed by atoms with van der Waals surface area (Å²) in [4.78, 5) is 9.08. The minimum absolute atomic E-state index is 0.607. The normalized spacial score (nSPS) is 18.1. The average Bonchev–Trinajstić information content (AvgIpc) is 2.29. The van der Waals surface area contributed by atoms with Crippen molar-refractivity contribution in [1.29, 1.82) is 0 Å². The Morgan fingerprint density at radius 3 is 2.39 bits per heavy atom. The van der Waals surface area contributed by atoms with Crippen molar-refractivity contribution in [2.75, 3.05) is 37.6 Å². The van der Waals surface area contributed by atoms with Gasteiger partial charge in [-0.3, -0.25) is 4.90 Å². The Hall–Kier alpha value is -1.13. The third kappa shape index (κ3) is 3.68. The molecular formula is C14H23N3O. The molecule has 0 unspecified atom stereocenters. The van der Waals surface area contributed by atoms with Crippen molar-refractivity contribution in [1.82, 2.24) is 9.88 Å². The number of β-amino-alcohol motifs (C(OH)–C–C–N with tert-alkyl or cyclic N) is 1. The van der Waals surface area contributed by atoms with Gasteiger partial charge in [0.1, 0.15) is 5.82 Å². The number of piperazine rings is 1. The molecule has 4 nitrogen and oxygen atoms in total. The van der Waals surface area contributed by atoms with Gasteiger partial charge < -0.3 is 10.0 Å². The molecule has 18 heavy (non-hydrogen) atoms. The molecule has 0 bridgehead atoms. The van der Waals surface area contributed by atoms with Gasteiger partial charge in [0.2, 0.25) is 0 Å².